The molecule has 0 saturated carbocycles. The highest BCUT2D eigenvalue weighted by atomic mass is 32.2. The lowest BCUT2D eigenvalue weighted by atomic mass is 10.2. The third kappa shape index (κ3) is 2.45. The highest BCUT2D eigenvalue weighted by Crippen LogP contribution is 2.27. The Balaban J connectivity index is 2.19. The van der Waals surface area contributed by atoms with Crippen LogP contribution in [0.25, 0.3) is 11.5 Å². The molecular weight excluding hydrogens is 318 g/mol. The highest BCUT2D eigenvalue weighted by Gasteiger charge is 2.31. The van der Waals surface area contributed by atoms with Crippen LogP contribution in [0.15, 0.2) is 45.9 Å². The van der Waals surface area contributed by atoms with Crippen LogP contribution in [0.2, 0.25) is 0 Å². The second-order valence-corrected chi connectivity index (χ2v) is 6.36. The van der Waals surface area contributed by atoms with Crippen LogP contribution in [0.4, 0.5) is 5.82 Å². The molecule has 3 rings (SSSR count). The Morgan fingerprint density at radius 2 is 2.00 bits per heavy atom. The zero-order valence-electron chi connectivity index (χ0n) is 12.0. The summed E-state index contributed by atoms with van der Waals surface area (Å²) in [6.07, 6.45) is 0. The lowest BCUT2D eigenvalue weighted by molar-refractivity contribution is 0.452. The molecule has 0 atom stereocenters. The van der Waals surface area contributed by atoms with Gasteiger partial charge in [-0.2, -0.15) is 23.8 Å². The highest BCUT2D eigenvalue weighted by molar-refractivity contribution is 7.89. The van der Waals surface area contributed by atoms with Gasteiger partial charge in [0.05, 0.1) is 5.69 Å². The van der Waals surface area contributed by atoms with Gasteiger partial charge in [0.2, 0.25) is 11.6 Å². The molecule has 0 fully saturated rings. The molecule has 0 amide bonds. The van der Waals surface area contributed by atoms with E-state index in [4.69, 9.17) is 15.4 Å². The molecule has 3 aromatic rings. The van der Waals surface area contributed by atoms with Crippen molar-refractivity contribution in [3.05, 3.63) is 47.8 Å². The first kappa shape index (κ1) is 14.8. The first-order chi connectivity index (χ1) is 10.9. The van der Waals surface area contributed by atoms with Crippen LogP contribution in [-0.2, 0) is 10.0 Å². The van der Waals surface area contributed by atoms with Gasteiger partial charge in [-0.1, -0.05) is 18.2 Å². The summed E-state index contributed by atoms with van der Waals surface area (Å²) in [5.41, 5.74) is 6.27. The maximum atomic E-state index is 12.6. The fraction of sp³-hybridized carbons (Fsp3) is 0.0714. The summed E-state index contributed by atoms with van der Waals surface area (Å²) in [7, 11) is -4.25. The van der Waals surface area contributed by atoms with E-state index in [1.165, 1.54) is 6.07 Å². The number of nitrogens with zero attached hydrogens (tertiary/aromatic N) is 4. The van der Waals surface area contributed by atoms with Crippen LogP contribution in [0.3, 0.4) is 0 Å². The van der Waals surface area contributed by atoms with Crippen molar-refractivity contribution in [1.29, 1.82) is 5.26 Å². The molecule has 0 radical (unpaired) electrons. The maximum Gasteiger partial charge on any atom is 0.321 e. The summed E-state index contributed by atoms with van der Waals surface area (Å²) in [4.78, 5) is 3.94. The fourth-order valence-corrected chi connectivity index (χ4v) is 3.27. The van der Waals surface area contributed by atoms with Crippen molar-refractivity contribution in [2.75, 3.05) is 5.73 Å². The number of nitrogens with two attached hydrogens (primary N) is 1. The zero-order chi connectivity index (χ0) is 16.6. The standard InChI is InChI=1S/C14H11N5O3S/c1-9-7-12(16)19(18-9)23(20,21)14-11(8-15)17-13(22-14)10-5-3-2-4-6-10/h2-7H,16H2,1H3. The van der Waals surface area contributed by atoms with Crippen molar-refractivity contribution in [3.63, 3.8) is 0 Å². The Hall–Kier alpha value is -3.12. The van der Waals surface area contributed by atoms with E-state index in [2.05, 4.69) is 10.1 Å². The molecule has 1 aromatic carbocycles. The summed E-state index contributed by atoms with van der Waals surface area (Å²) in [5, 5.41) is 12.4. The molecule has 0 unspecified atom stereocenters. The van der Waals surface area contributed by atoms with E-state index in [9.17, 15) is 8.42 Å². The Morgan fingerprint density at radius 3 is 2.57 bits per heavy atom. The van der Waals surface area contributed by atoms with Gasteiger partial charge in [-0.25, -0.2) is 0 Å². The molecule has 0 saturated heterocycles. The van der Waals surface area contributed by atoms with Gasteiger partial charge in [-0.15, -0.1) is 4.09 Å². The van der Waals surface area contributed by atoms with Crippen LogP contribution in [0, 0.1) is 18.3 Å². The van der Waals surface area contributed by atoms with E-state index < -0.39 is 15.1 Å². The molecule has 2 aromatic heterocycles. The maximum absolute atomic E-state index is 12.6. The van der Waals surface area contributed by atoms with Crippen molar-refractivity contribution in [2.24, 2.45) is 0 Å². The third-order valence-corrected chi connectivity index (χ3v) is 4.50. The lowest BCUT2D eigenvalue weighted by Gasteiger charge is -2.02. The lowest BCUT2D eigenvalue weighted by Crippen LogP contribution is -2.17. The second-order valence-electron chi connectivity index (χ2n) is 4.69. The molecule has 8 nitrogen and oxygen atoms in total. The number of hydrogen-bond donors (Lipinski definition) is 1. The quantitative estimate of drug-likeness (QED) is 0.771. The molecular formula is C14H11N5O3S. The minimum absolute atomic E-state index is 0.0307. The summed E-state index contributed by atoms with van der Waals surface area (Å²) in [6, 6.07) is 11.8. The molecule has 116 valence electrons. The normalized spacial score (nSPS) is 11.3. The van der Waals surface area contributed by atoms with Gasteiger partial charge in [0, 0.05) is 11.6 Å². The predicted octanol–water partition coefficient (Wildman–Crippen LogP) is 1.54. The number of anilines is 1. The van der Waals surface area contributed by atoms with Gasteiger partial charge in [-0.3, -0.25) is 0 Å². The molecule has 23 heavy (non-hydrogen) atoms. The summed E-state index contributed by atoms with van der Waals surface area (Å²) < 4.78 is 31.2. The fourth-order valence-electron chi connectivity index (χ4n) is 2.03. The Bertz CT molecular complexity index is 1010. The van der Waals surface area contributed by atoms with Crippen molar-refractivity contribution in [3.8, 4) is 17.5 Å². The largest absolute Gasteiger partial charge is 0.421 e. The zero-order valence-corrected chi connectivity index (χ0v) is 12.8. The number of hydrogen-bond acceptors (Lipinski definition) is 7. The van der Waals surface area contributed by atoms with Crippen LogP contribution in [0.1, 0.15) is 11.4 Å². The smallest absolute Gasteiger partial charge is 0.321 e. The van der Waals surface area contributed by atoms with Gasteiger partial charge in [0.25, 0.3) is 5.09 Å². The van der Waals surface area contributed by atoms with Gasteiger partial charge in [0.1, 0.15) is 11.9 Å². The Kier molecular flexibility index (Phi) is 3.38. The summed E-state index contributed by atoms with van der Waals surface area (Å²) in [5.74, 6) is -0.0489. The van der Waals surface area contributed by atoms with Crippen LogP contribution < -0.4 is 5.73 Å². The first-order valence-electron chi connectivity index (χ1n) is 6.47. The molecule has 0 spiro atoms. The Morgan fingerprint density at radius 1 is 1.30 bits per heavy atom. The molecule has 2 heterocycles. The third-order valence-electron chi connectivity index (χ3n) is 3.01. The van der Waals surface area contributed by atoms with Crippen LogP contribution in [-0.4, -0.2) is 22.6 Å². The topological polar surface area (TPSA) is 128 Å². The van der Waals surface area contributed by atoms with Crippen molar-refractivity contribution in [2.45, 2.75) is 12.0 Å². The number of nitriles is 1. The van der Waals surface area contributed by atoms with Gasteiger partial charge in [-0.05, 0) is 19.1 Å². The molecule has 0 aliphatic rings. The molecule has 0 aliphatic heterocycles. The minimum atomic E-state index is -4.25. The van der Waals surface area contributed by atoms with E-state index >= 15 is 0 Å². The number of benzene rings is 1. The predicted molar refractivity (Wildman–Crippen MR) is 80.6 cm³/mol. The van der Waals surface area contributed by atoms with Gasteiger partial charge < -0.3 is 10.2 Å². The molecule has 9 heteroatoms. The van der Waals surface area contributed by atoms with E-state index in [-0.39, 0.29) is 17.4 Å². The van der Waals surface area contributed by atoms with Gasteiger partial charge >= 0.3 is 10.0 Å². The van der Waals surface area contributed by atoms with E-state index in [0.29, 0.717) is 15.3 Å². The van der Waals surface area contributed by atoms with E-state index in [1.807, 2.05) is 0 Å². The second kappa shape index (κ2) is 5.26. The van der Waals surface area contributed by atoms with Crippen molar-refractivity contribution >= 4 is 15.8 Å². The number of rotatable bonds is 3. The molecule has 0 bridgehead atoms. The van der Waals surface area contributed by atoms with Crippen molar-refractivity contribution < 1.29 is 12.8 Å². The first-order valence-corrected chi connectivity index (χ1v) is 7.91. The number of nitrogen functional groups attached to an aromatic ring is 1. The summed E-state index contributed by atoms with van der Waals surface area (Å²) >= 11 is 0. The summed E-state index contributed by atoms with van der Waals surface area (Å²) in [6.45, 7) is 1.60. The number of oxazole rings is 1. The SMILES string of the molecule is Cc1cc(N)n(S(=O)(=O)c2oc(-c3ccccc3)nc2C#N)n1. The molecule has 2 N–H and O–H groups in total. The van der Waals surface area contributed by atoms with E-state index in [0.717, 1.165) is 0 Å². The van der Waals surface area contributed by atoms with E-state index in [1.54, 1.807) is 43.3 Å². The van der Waals surface area contributed by atoms with Crippen LogP contribution >= 0.6 is 0 Å². The number of aromatic nitrogens is 3. The molecule has 0 aliphatic carbocycles. The van der Waals surface area contributed by atoms with Gasteiger partial charge in [0.15, 0.2) is 0 Å². The average Bonchev–Trinajstić information content (AvgIpc) is 3.12. The Labute approximate surface area is 131 Å². The number of aryl methyl sites for hydroxylation is 1. The van der Waals surface area contributed by atoms with Crippen LogP contribution in [0.5, 0.6) is 0 Å². The minimum Gasteiger partial charge on any atom is -0.421 e. The average molecular weight is 329 g/mol. The van der Waals surface area contributed by atoms with Crippen molar-refractivity contribution in [1.82, 2.24) is 14.2 Å². The monoisotopic (exact) mass is 329 g/mol.